The number of nitrogens with two attached hydrogens (primary N) is 1. The number of furan rings is 1. The van der Waals surface area contributed by atoms with Gasteiger partial charge in [-0.25, -0.2) is 18.2 Å². The van der Waals surface area contributed by atoms with Gasteiger partial charge in [-0.3, -0.25) is 4.79 Å². The molecule has 1 amide bonds. The van der Waals surface area contributed by atoms with Gasteiger partial charge in [-0.2, -0.15) is 0 Å². The minimum atomic E-state index is -2.11. The average Bonchev–Trinajstić information content (AvgIpc) is 3.03. The van der Waals surface area contributed by atoms with Crippen molar-refractivity contribution in [3.8, 4) is 0 Å². The fourth-order valence-corrected chi connectivity index (χ4v) is 2.21. The first-order valence-electron chi connectivity index (χ1n) is 7.35. The van der Waals surface area contributed by atoms with E-state index in [1.54, 1.807) is 0 Å². The second kappa shape index (κ2) is 9.39. The van der Waals surface area contributed by atoms with Gasteiger partial charge in [-0.1, -0.05) is 0 Å². The fraction of sp³-hybridized carbons (Fsp3) is 0.250. The van der Waals surface area contributed by atoms with E-state index in [4.69, 9.17) is 14.9 Å². The standard InChI is InChI=1S/C16H15BrF3N3O3/c17-9-5-13(26-7-9)16(24)22-10-1-2-12(19)11(6-10)15(20)23-14(21)8-25-4-3-18/h1-2,5-7,15H,3-4,8H2,(H2,21,23)(H,22,24)/t15-/m0/s1. The monoisotopic (exact) mass is 433 g/mol. The van der Waals surface area contributed by atoms with Crippen molar-refractivity contribution in [3.63, 3.8) is 0 Å². The maximum Gasteiger partial charge on any atom is 0.291 e. The van der Waals surface area contributed by atoms with Gasteiger partial charge in [0.15, 0.2) is 5.76 Å². The molecule has 3 N–H and O–H groups in total. The van der Waals surface area contributed by atoms with Gasteiger partial charge < -0.3 is 20.2 Å². The predicted octanol–water partition coefficient (Wildman–Crippen LogP) is 3.74. The minimum absolute atomic E-state index is 0.0202. The lowest BCUT2D eigenvalue weighted by molar-refractivity contribution is 0.0996. The zero-order valence-corrected chi connectivity index (χ0v) is 14.9. The van der Waals surface area contributed by atoms with E-state index in [1.807, 2.05) is 0 Å². The third-order valence-electron chi connectivity index (χ3n) is 3.05. The van der Waals surface area contributed by atoms with Crippen LogP contribution in [0.4, 0.5) is 18.9 Å². The Kier molecular flexibility index (Phi) is 7.22. The SMILES string of the molecule is NC(COCCF)=N[C@H](F)c1cc(NC(=O)c2cc(Br)co2)ccc1F. The summed E-state index contributed by atoms with van der Waals surface area (Å²) in [6.45, 7) is -1.20. The van der Waals surface area contributed by atoms with Crippen LogP contribution in [-0.4, -0.2) is 31.6 Å². The average molecular weight is 434 g/mol. The van der Waals surface area contributed by atoms with Crippen LogP contribution < -0.4 is 11.1 Å². The van der Waals surface area contributed by atoms with Gasteiger partial charge in [0.05, 0.1) is 11.1 Å². The highest BCUT2D eigenvalue weighted by molar-refractivity contribution is 9.10. The molecule has 1 aromatic carbocycles. The number of alkyl halides is 2. The molecule has 6 nitrogen and oxygen atoms in total. The Balaban J connectivity index is 2.10. The second-order valence-corrected chi connectivity index (χ2v) is 5.93. The Labute approximate surface area is 155 Å². The van der Waals surface area contributed by atoms with Gasteiger partial charge in [0.25, 0.3) is 5.91 Å². The van der Waals surface area contributed by atoms with Gasteiger partial charge in [0.1, 0.15) is 31.2 Å². The molecule has 2 rings (SSSR count). The highest BCUT2D eigenvalue weighted by atomic mass is 79.9. The van der Waals surface area contributed by atoms with Crippen molar-refractivity contribution in [1.82, 2.24) is 0 Å². The molecule has 0 radical (unpaired) electrons. The first-order valence-corrected chi connectivity index (χ1v) is 8.14. The second-order valence-electron chi connectivity index (χ2n) is 5.02. The van der Waals surface area contributed by atoms with Crippen LogP contribution in [0.1, 0.15) is 22.4 Å². The molecule has 1 atom stereocenters. The maximum atomic E-state index is 14.2. The van der Waals surface area contributed by atoms with Gasteiger partial charge in [0.2, 0.25) is 6.30 Å². The number of nitrogens with one attached hydrogen (secondary N) is 1. The number of carbonyl (C=O) groups excluding carboxylic acids is 1. The van der Waals surface area contributed by atoms with Crippen molar-refractivity contribution in [2.45, 2.75) is 6.30 Å². The number of nitrogens with zero attached hydrogens (tertiary/aromatic N) is 1. The zero-order valence-electron chi connectivity index (χ0n) is 13.3. The Hall–Kier alpha value is -2.33. The molecular weight excluding hydrogens is 419 g/mol. The quantitative estimate of drug-likeness (QED) is 0.287. The number of hydrogen-bond acceptors (Lipinski definition) is 4. The number of ether oxygens (including phenoxy) is 1. The van der Waals surface area contributed by atoms with Crippen molar-refractivity contribution in [1.29, 1.82) is 0 Å². The van der Waals surface area contributed by atoms with Crippen molar-refractivity contribution in [3.05, 3.63) is 52.1 Å². The Morgan fingerprint density at radius 3 is 2.85 bits per heavy atom. The normalized spacial score (nSPS) is 12.8. The van der Waals surface area contributed by atoms with Crippen LogP contribution in [0.5, 0.6) is 0 Å². The summed E-state index contributed by atoms with van der Waals surface area (Å²) in [6.07, 6.45) is -0.788. The summed E-state index contributed by atoms with van der Waals surface area (Å²) >= 11 is 3.14. The first kappa shape index (κ1) is 20.0. The number of rotatable bonds is 8. The zero-order chi connectivity index (χ0) is 19.1. The van der Waals surface area contributed by atoms with Crippen molar-refractivity contribution < 1.29 is 27.1 Å². The third kappa shape index (κ3) is 5.60. The lowest BCUT2D eigenvalue weighted by atomic mass is 10.1. The largest absolute Gasteiger partial charge is 0.458 e. The topological polar surface area (TPSA) is 89.9 Å². The van der Waals surface area contributed by atoms with Crippen LogP contribution in [0.25, 0.3) is 0 Å². The van der Waals surface area contributed by atoms with E-state index < -0.39 is 30.3 Å². The lowest BCUT2D eigenvalue weighted by Gasteiger charge is -2.10. The molecule has 10 heteroatoms. The van der Waals surface area contributed by atoms with Crippen LogP contribution in [0.15, 0.2) is 44.4 Å². The van der Waals surface area contributed by atoms with Crippen molar-refractivity contribution in [2.24, 2.45) is 10.7 Å². The molecule has 0 saturated carbocycles. The molecule has 26 heavy (non-hydrogen) atoms. The molecule has 0 fully saturated rings. The maximum absolute atomic E-state index is 14.2. The first-order chi connectivity index (χ1) is 12.4. The molecule has 0 aliphatic carbocycles. The molecule has 1 aromatic heterocycles. The van der Waals surface area contributed by atoms with E-state index >= 15 is 0 Å². The Morgan fingerprint density at radius 2 is 2.19 bits per heavy atom. The summed E-state index contributed by atoms with van der Waals surface area (Å²) in [5.41, 5.74) is 5.18. The number of amidine groups is 1. The molecule has 140 valence electrons. The molecule has 0 aliphatic rings. The highest BCUT2D eigenvalue weighted by Gasteiger charge is 2.17. The number of anilines is 1. The number of halogens is 4. The number of benzene rings is 1. The van der Waals surface area contributed by atoms with E-state index in [9.17, 15) is 18.0 Å². The summed E-state index contributed by atoms with van der Waals surface area (Å²) < 4.78 is 50.4. The number of hydrogen-bond donors (Lipinski definition) is 2. The summed E-state index contributed by atoms with van der Waals surface area (Å²) in [4.78, 5) is 15.5. The van der Waals surface area contributed by atoms with Crippen LogP contribution >= 0.6 is 15.9 Å². The molecule has 0 bridgehead atoms. The Morgan fingerprint density at radius 1 is 1.42 bits per heavy atom. The third-order valence-corrected chi connectivity index (χ3v) is 3.47. The molecule has 0 saturated heterocycles. The number of aliphatic imine (C=N–C) groups is 1. The van der Waals surface area contributed by atoms with E-state index in [-0.39, 0.29) is 30.5 Å². The molecule has 0 aliphatic heterocycles. The number of carbonyl (C=O) groups is 1. The van der Waals surface area contributed by atoms with Gasteiger partial charge in [-0.15, -0.1) is 0 Å². The minimum Gasteiger partial charge on any atom is -0.458 e. The number of amides is 1. The van der Waals surface area contributed by atoms with Crippen LogP contribution in [-0.2, 0) is 4.74 Å². The summed E-state index contributed by atoms with van der Waals surface area (Å²) in [7, 11) is 0. The predicted molar refractivity (Wildman–Crippen MR) is 93.0 cm³/mol. The van der Waals surface area contributed by atoms with E-state index in [2.05, 4.69) is 26.2 Å². The summed E-state index contributed by atoms with van der Waals surface area (Å²) in [6, 6.07) is 4.79. The van der Waals surface area contributed by atoms with Crippen LogP contribution in [0, 0.1) is 5.82 Å². The van der Waals surface area contributed by atoms with Gasteiger partial charge in [0, 0.05) is 17.3 Å². The van der Waals surface area contributed by atoms with Crippen molar-refractivity contribution in [2.75, 3.05) is 25.2 Å². The van der Waals surface area contributed by atoms with E-state index in [0.717, 1.165) is 12.1 Å². The molecule has 2 aromatic rings. The fourth-order valence-electron chi connectivity index (χ4n) is 1.91. The van der Waals surface area contributed by atoms with Gasteiger partial charge >= 0.3 is 0 Å². The molecular formula is C16H15BrF3N3O3. The van der Waals surface area contributed by atoms with Crippen LogP contribution in [0.3, 0.4) is 0 Å². The summed E-state index contributed by atoms with van der Waals surface area (Å²) in [5, 5.41) is 2.46. The molecule has 1 heterocycles. The van der Waals surface area contributed by atoms with Crippen molar-refractivity contribution >= 4 is 33.4 Å². The van der Waals surface area contributed by atoms with Gasteiger partial charge in [-0.05, 0) is 34.1 Å². The van der Waals surface area contributed by atoms with E-state index in [1.165, 1.54) is 18.4 Å². The smallest absolute Gasteiger partial charge is 0.291 e. The molecule has 0 spiro atoms. The highest BCUT2D eigenvalue weighted by Crippen LogP contribution is 2.26. The van der Waals surface area contributed by atoms with E-state index in [0.29, 0.717) is 4.47 Å². The summed E-state index contributed by atoms with van der Waals surface area (Å²) in [5.74, 6) is -1.68. The molecule has 0 unspecified atom stereocenters. The van der Waals surface area contributed by atoms with Crippen LogP contribution in [0.2, 0.25) is 0 Å². The lowest BCUT2D eigenvalue weighted by Crippen LogP contribution is -2.20. The Bertz CT molecular complexity index is 798.